The Morgan fingerprint density at radius 2 is 2.23 bits per heavy atom. The summed E-state index contributed by atoms with van der Waals surface area (Å²) in [6, 6.07) is 4.74. The van der Waals surface area contributed by atoms with Gasteiger partial charge < -0.3 is 15.2 Å². The second-order valence-corrected chi connectivity index (χ2v) is 6.38. The predicted molar refractivity (Wildman–Crippen MR) is 86.4 cm³/mol. The molecule has 1 saturated heterocycles. The van der Waals surface area contributed by atoms with Crippen molar-refractivity contribution in [3.05, 3.63) is 35.1 Å². The molecule has 0 saturated carbocycles. The SMILES string of the molecule is COCCCC[C@@](O)(c1cc(F)ccc1C)[C@@H]1CCCNC1. The first kappa shape index (κ1) is 17.4. The number of nitrogens with one attached hydrogen (secondary N) is 1. The maximum absolute atomic E-state index is 13.7. The van der Waals surface area contributed by atoms with Gasteiger partial charge in [0.2, 0.25) is 0 Å². The van der Waals surface area contributed by atoms with E-state index in [1.807, 2.05) is 6.92 Å². The third-order valence-electron chi connectivity index (χ3n) is 4.79. The van der Waals surface area contributed by atoms with Gasteiger partial charge in [0.1, 0.15) is 5.82 Å². The number of piperidine rings is 1. The number of halogens is 1. The molecular weight excluding hydrogens is 281 g/mol. The van der Waals surface area contributed by atoms with E-state index in [0.29, 0.717) is 13.0 Å². The summed E-state index contributed by atoms with van der Waals surface area (Å²) in [4.78, 5) is 0. The summed E-state index contributed by atoms with van der Waals surface area (Å²) < 4.78 is 18.8. The van der Waals surface area contributed by atoms with Crippen LogP contribution in [-0.4, -0.2) is 31.9 Å². The molecule has 1 aliphatic rings. The van der Waals surface area contributed by atoms with E-state index in [2.05, 4.69) is 5.32 Å². The highest BCUT2D eigenvalue weighted by atomic mass is 19.1. The van der Waals surface area contributed by atoms with Crippen molar-refractivity contribution in [3.63, 3.8) is 0 Å². The Kier molecular flexibility index (Phi) is 6.36. The van der Waals surface area contributed by atoms with Crippen molar-refractivity contribution in [2.24, 2.45) is 5.92 Å². The maximum atomic E-state index is 13.7. The Bertz CT molecular complexity index is 474. The molecule has 0 radical (unpaired) electrons. The van der Waals surface area contributed by atoms with Crippen LogP contribution >= 0.6 is 0 Å². The Labute approximate surface area is 132 Å². The molecule has 0 amide bonds. The highest BCUT2D eigenvalue weighted by molar-refractivity contribution is 5.33. The Morgan fingerprint density at radius 3 is 2.91 bits per heavy atom. The standard InChI is InChI=1S/C18H28FNO2/c1-14-7-8-16(19)12-17(14)18(21,9-3-4-11-22-2)15-6-5-10-20-13-15/h7-8,12,15,20-21H,3-6,9-11,13H2,1-2H3/t15-,18+/m1/s1. The molecule has 2 atom stereocenters. The second-order valence-electron chi connectivity index (χ2n) is 6.38. The van der Waals surface area contributed by atoms with E-state index in [1.165, 1.54) is 12.1 Å². The number of methoxy groups -OCH3 is 1. The smallest absolute Gasteiger partial charge is 0.123 e. The van der Waals surface area contributed by atoms with E-state index >= 15 is 0 Å². The van der Waals surface area contributed by atoms with Crippen LogP contribution < -0.4 is 5.32 Å². The largest absolute Gasteiger partial charge is 0.385 e. The Hall–Kier alpha value is -0.970. The van der Waals surface area contributed by atoms with Gasteiger partial charge in [-0.15, -0.1) is 0 Å². The van der Waals surface area contributed by atoms with Gasteiger partial charge in [-0.1, -0.05) is 6.07 Å². The predicted octanol–water partition coefficient (Wildman–Crippen LogP) is 3.14. The molecule has 1 heterocycles. The van der Waals surface area contributed by atoms with Crippen molar-refractivity contribution in [3.8, 4) is 0 Å². The first-order chi connectivity index (χ1) is 10.6. The lowest BCUT2D eigenvalue weighted by Gasteiger charge is -2.40. The molecule has 4 heteroatoms. The fraction of sp³-hybridized carbons (Fsp3) is 0.667. The molecule has 1 aliphatic heterocycles. The van der Waals surface area contributed by atoms with Gasteiger partial charge in [-0.05, 0) is 68.8 Å². The minimum atomic E-state index is -0.965. The topological polar surface area (TPSA) is 41.5 Å². The zero-order valence-corrected chi connectivity index (χ0v) is 13.7. The van der Waals surface area contributed by atoms with Crippen LogP contribution in [0.5, 0.6) is 0 Å². The number of aryl methyl sites for hydroxylation is 1. The first-order valence-corrected chi connectivity index (χ1v) is 8.26. The summed E-state index contributed by atoms with van der Waals surface area (Å²) in [6.07, 6.45) is 4.46. The van der Waals surface area contributed by atoms with E-state index in [1.54, 1.807) is 13.2 Å². The van der Waals surface area contributed by atoms with Gasteiger partial charge >= 0.3 is 0 Å². The number of hydrogen-bond acceptors (Lipinski definition) is 3. The third-order valence-corrected chi connectivity index (χ3v) is 4.79. The molecule has 0 aliphatic carbocycles. The molecule has 1 fully saturated rings. The molecule has 0 unspecified atom stereocenters. The van der Waals surface area contributed by atoms with Crippen molar-refractivity contribution < 1.29 is 14.2 Å². The van der Waals surface area contributed by atoms with Crippen molar-refractivity contribution in [1.82, 2.24) is 5.32 Å². The number of rotatable bonds is 7. The van der Waals surface area contributed by atoms with Crippen LogP contribution in [0.2, 0.25) is 0 Å². The van der Waals surface area contributed by atoms with E-state index in [-0.39, 0.29) is 11.7 Å². The summed E-state index contributed by atoms with van der Waals surface area (Å²) in [5.74, 6) is -0.149. The van der Waals surface area contributed by atoms with Crippen molar-refractivity contribution in [2.75, 3.05) is 26.8 Å². The lowest BCUT2D eigenvalue weighted by molar-refractivity contribution is -0.0441. The van der Waals surface area contributed by atoms with Gasteiger partial charge in [0.25, 0.3) is 0 Å². The molecule has 2 rings (SSSR count). The average molecular weight is 309 g/mol. The lowest BCUT2D eigenvalue weighted by atomic mass is 9.73. The normalized spacial score (nSPS) is 21.5. The maximum Gasteiger partial charge on any atom is 0.123 e. The van der Waals surface area contributed by atoms with Gasteiger partial charge in [-0.25, -0.2) is 4.39 Å². The molecule has 0 spiro atoms. The van der Waals surface area contributed by atoms with Crippen LogP contribution in [0.25, 0.3) is 0 Å². The highest BCUT2D eigenvalue weighted by Crippen LogP contribution is 2.39. The van der Waals surface area contributed by atoms with Crippen LogP contribution in [0.3, 0.4) is 0 Å². The van der Waals surface area contributed by atoms with Gasteiger partial charge in [-0.2, -0.15) is 0 Å². The molecule has 0 bridgehead atoms. The number of hydrogen-bond donors (Lipinski definition) is 2. The molecule has 3 nitrogen and oxygen atoms in total. The molecule has 0 aromatic heterocycles. The molecule has 1 aromatic rings. The monoisotopic (exact) mass is 309 g/mol. The minimum Gasteiger partial charge on any atom is -0.385 e. The lowest BCUT2D eigenvalue weighted by Crippen LogP contribution is -2.44. The molecule has 1 aromatic carbocycles. The van der Waals surface area contributed by atoms with Crippen LogP contribution in [-0.2, 0) is 10.3 Å². The molecule has 2 N–H and O–H groups in total. The Balaban J connectivity index is 2.24. The number of benzene rings is 1. The third kappa shape index (κ3) is 4.06. The first-order valence-electron chi connectivity index (χ1n) is 8.26. The molecular formula is C18H28FNO2. The summed E-state index contributed by atoms with van der Waals surface area (Å²) in [5, 5.41) is 14.8. The van der Waals surface area contributed by atoms with Crippen molar-refractivity contribution in [1.29, 1.82) is 0 Å². The summed E-state index contributed by atoms with van der Waals surface area (Å²) >= 11 is 0. The summed E-state index contributed by atoms with van der Waals surface area (Å²) in [5.41, 5.74) is 0.743. The summed E-state index contributed by atoms with van der Waals surface area (Å²) in [6.45, 7) is 4.43. The number of ether oxygens (including phenoxy) is 1. The van der Waals surface area contributed by atoms with Gasteiger partial charge in [0.15, 0.2) is 0 Å². The second kappa shape index (κ2) is 8.04. The highest BCUT2D eigenvalue weighted by Gasteiger charge is 2.39. The summed E-state index contributed by atoms with van der Waals surface area (Å²) in [7, 11) is 1.69. The molecule has 22 heavy (non-hydrogen) atoms. The number of unbranched alkanes of at least 4 members (excludes halogenated alkanes) is 1. The van der Waals surface area contributed by atoms with Crippen molar-refractivity contribution >= 4 is 0 Å². The Morgan fingerprint density at radius 1 is 1.41 bits per heavy atom. The zero-order valence-electron chi connectivity index (χ0n) is 13.7. The number of aliphatic hydroxyl groups is 1. The van der Waals surface area contributed by atoms with Crippen LogP contribution in [0.1, 0.15) is 43.2 Å². The fourth-order valence-electron chi connectivity index (χ4n) is 3.52. The quantitative estimate of drug-likeness (QED) is 0.760. The van der Waals surface area contributed by atoms with E-state index in [0.717, 1.165) is 49.9 Å². The zero-order chi connectivity index (χ0) is 16.0. The van der Waals surface area contributed by atoms with Crippen LogP contribution in [0.15, 0.2) is 18.2 Å². The fourth-order valence-corrected chi connectivity index (χ4v) is 3.52. The van der Waals surface area contributed by atoms with Gasteiger partial charge in [-0.3, -0.25) is 0 Å². The van der Waals surface area contributed by atoms with Crippen LogP contribution in [0.4, 0.5) is 4.39 Å². The average Bonchev–Trinajstić information content (AvgIpc) is 2.54. The van der Waals surface area contributed by atoms with E-state index in [9.17, 15) is 9.50 Å². The van der Waals surface area contributed by atoms with Crippen LogP contribution in [0, 0.1) is 18.7 Å². The van der Waals surface area contributed by atoms with Gasteiger partial charge in [0, 0.05) is 26.2 Å². The molecule has 124 valence electrons. The van der Waals surface area contributed by atoms with Crippen molar-refractivity contribution in [2.45, 2.75) is 44.6 Å². The minimum absolute atomic E-state index is 0.129. The van der Waals surface area contributed by atoms with E-state index in [4.69, 9.17) is 4.74 Å². The van der Waals surface area contributed by atoms with E-state index < -0.39 is 5.60 Å². The van der Waals surface area contributed by atoms with Gasteiger partial charge in [0.05, 0.1) is 5.60 Å².